The van der Waals surface area contributed by atoms with E-state index in [0.29, 0.717) is 13.1 Å². The number of aliphatic hydroxyl groups is 1. The van der Waals surface area contributed by atoms with Crippen molar-refractivity contribution < 1.29 is 9.90 Å². The highest BCUT2D eigenvalue weighted by atomic mass is 16.3. The number of hydrogen-bond donors (Lipinski definition) is 3. The molecule has 106 valence electrons. The molecule has 0 atom stereocenters. The Kier molecular flexibility index (Phi) is 4.73. The number of carbonyl (C=O) groups is 1. The Labute approximate surface area is 117 Å². The summed E-state index contributed by atoms with van der Waals surface area (Å²) in [5.41, 5.74) is 2.79. The summed E-state index contributed by atoms with van der Waals surface area (Å²) in [5.74, 6) is -0.0815. The molecular weight excluding hydrogens is 256 g/mol. The summed E-state index contributed by atoms with van der Waals surface area (Å²) >= 11 is 0. The van der Waals surface area contributed by atoms with Crippen LogP contribution in [0.3, 0.4) is 0 Å². The monoisotopic (exact) mass is 274 g/mol. The van der Waals surface area contributed by atoms with Gasteiger partial charge in [-0.3, -0.25) is 9.48 Å². The maximum absolute atomic E-state index is 10.9. The number of aromatic nitrogens is 2. The van der Waals surface area contributed by atoms with E-state index < -0.39 is 0 Å². The molecule has 6 heteroatoms. The number of benzene rings is 1. The lowest BCUT2D eigenvalue weighted by atomic mass is 10.2. The zero-order valence-corrected chi connectivity index (χ0v) is 11.3. The predicted molar refractivity (Wildman–Crippen MR) is 77.4 cm³/mol. The third kappa shape index (κ3) is 4.10. The van der Waals surface area contributed by atoms with Gasteiger partial charge < -0.3 is 15.7 Å². The molecule has 0 saturated heterocycles. The number of nitrogens with zero attached hydrogens (tertiary/aromatic N) is 2. The average molecular weight is 274 g/mol. The van der Waals surface area contributed by atoms with Gasteiger partial charge in [-0.1, -0.05) is 0 Å². The first kappa shape index (κ1) is 14.1. The van der Waals surface area contributed by atoms with Crippen molar-refractivity contribution in [1.29, 1.82) is 0 Å². The van der Waals surface area contributed by atoms with E-state index in [1.807, 2.05) is 30.5 Å². The molecule has 0 bridgehead atoms. The maximum Gasteiger partial charge on any atom is 0.221 e. The van der Waals surface area contributed by atoms with Gasteiger partial charge in [0.25, 0.3) is 0 Å². The number of nitrogens with one attached hydrogen (secondary N) is 2. The minimum Gasteiger partial charge on any atom is -0.394 e. The van der Waals surface area contributed by atoms with Gasteiger partial charge in [-0.05, 0) is 24.3 Å². The SMILES string of the molecule is CC(=O)Nc1ccc(NCc2cnn(CCO)c2)cc1. The normalized spacial score (nSPS) is 10.3. The van der Waals surface area contributed by atoms with Crippen molar-refractivity contribution in [3.05, 3.63) is 42.2 Å². The van der Waals surface area contributed by atoms with Gasteiger partial charge in [-0.15, -0.1) is 0 Å². The van der Waals surface area contributed by atoms with E-state index in [2.05, 4.69) is 15.7 Å². The molecule has 2 rings (SSSR count). The molecule has 0 radical (unpaired) electrons. The quantitative estimate of drug-likeness (QED) is 0.745. The van der Waals surface area contributed by atoms with Gasteiger partial charge in [-0.2, -0.15) is 5.10 Å². The third-order valence-electron chi connectivity index (χ3n) is 2.72. The molecule has 2 aromatic rings. The van der Waals surface area contributed by atoms with Crippen LogP contribution in [0.5, 0.6) is 0 Å². The van der Waals surface area contributed by atoms with Crippen molar-refractivity contribution in [3.63, 3.8) is 0 Å². The average Bonchev–Trinajstić information content (AvgIpc) is 2.86. The maximum atomic E-state index is 10.9. The van der Waals surface area contributed by atoms with Crippen LogP contribution in [-0.4, -0.2) is 27.4 Å². The van der Waals surface area contributed by atoms with E-state index in [0.717, 1.165) is 16.9 Å². The van der Waals surface area contributed by atoms with Crippen molar-refractivity contribution in [1.82, 2.24) is 9.78 Å². The summed E-state index contributed by atoms with van der Waals surface area (Å²) in [4.78, 5) is 10.9. The number of rotatable bonds is 6. The zero-order chi connectivity index (χ0) is 14.4. The lowest BCUT2D eigenvalue weighted by Gasteiger charge is -2.06. The van der Waals surface area contributed by atoms with Crippen LogP contribution in [0.2, 0.25) is 0 Å². The van der Waals surface area contributed by atoms with Gasteiger partial charge >= 0.3 is 0 Å². The van der Waals surface area contributed by atoms with E-state index in [9.17, 15) is 4.79 Å². The molecule has 0 aliphatic heterocycles. The summed E-state index contributed by atoms with van der Waals surface area (Å²) in [7, 11) is 0. The molecule has 20 heavy (non-hydrogen) atoms. The van der Waals surface area contributed by atoms with Crippen molar-refractivity contribution in [2.45, 2.75) is 20.0 Å². The summed E-state index contributed by atoms with van der Waals surface area (Å²) < 4.78 is 1.71. The Balaban J connectivity index is 1.88. The number of hydrogen-bond acceptors (Lipinski definition) is 4. The summed E-state index contributed by atoms with van der Waals surface area (Å²) in [6, 6.07) is 7.50. The van der Waals surface area contributed by atoms with Crippen molar-refractivity contribution in [2.24, 2.45) is 0 Å². The van der Waals surface area contributed by atoms with E-state index in [-0.39, 0.29) is 12.5 Å². The molecule has 0 aliphatic rings. The van der Waals surface area contributed by atoms with Gasteiger partial charge in [0, 0.05) is 36.6 Å². The minimum absolute atomic E-state index is 0.0815. The Morgan fingerprint density at radius 1 is 1.30 bits per heavy atom. The topological polar surface area (TPSA) is 79.2 Å². The highest BCUT2D eigenvalue weighted by molar-refractivity contribution is 5.88. The first-order valence-corrected chi connectivity index (χ1v) is 6.41. The minimum atomic E-state index is -0.0815. The summed E-state index contributed by atoms with van der Waals surface area (Å²) in [6.45, 7) is 2.73. The van der Waals surface area contributed by atoms with Crippen LogP contribution in [0.25, 0.3) is 0 Å². The molecule has 0 saturated carbocycles. The van der Waals surface area contributed by atoms with Crippen molar-refractivity contribution in [2.75, 3.05) is 17.2 Å². The van der Waals surface area contributed by atoms with Crippen molar-refractivity contribution in [3.8, 4) is 0 Å². The van der Waals surface area contributed by atoms with Crippen LogP contribution in [0, 0.1) is 0 Å². The lowest BCUT2D eigenvalue weighted by molar-refractivity contribution is -0.114. The van der Waals surface area contributed by atoms with E-state index >= 15 is 0 Å². The molecule has 1 aromatic heterocycles. The molecule has 1 heterocycles. The molecule has 3 N–H and O–H groups in total. The van der Waals surface area contributed by atoms with Gasteiger partial charge in [0.2, 0.25) is 5.91 Å². The lowest BCUT2D eigenvalue weighted by Crippen LogP contribution is -2.05. The highest BCUT2D eigenvalue weighted by Crippen LogP contribution is 2.14. The molecule has 0 unspecified atom stereocenters. The fourth-order valence-corrected chi connectivity index (χ4v) is 1.80. The Morgan fingerprint density at radius 2 is 2.00 bits per heavy atom. The van der Waals surface area contributed by atoms with Crippen molar-refractivity contribution >= 4 is 17.3 Å². The molecule has 0 aliphatic carbocycles. The summed E-state index contributed by atoms with van der Waals surface area (Å²) in [6.07, 6.45) is 3.67. The molecule has 0 fully saturated rings. The highest BCUT2D eigenvalue weighted by Gasteiger charge is 1.99. The molecule has 1 aromatic carbocycles. The van der Waals surface area contributed by atoms with Crippen LogP contribution < -0.4 is 10.6 Å². The molecule has 0 spiro atoms. The van der Waals surface area contributed by atoms with E-state index in [4.69, 9.17) is 5.11 Å². The largest absolute Gasteiger partial charge is 0.394 e. The second-order valence-electron chi connectivity index (χ2n) is 4.45. The Morgan fingerprint density at radius 3 is 2.65 bits per heavy atom. The van der Waals surface area contributed by atoms with Crippen LogP contribution in [0.15, 0.2) is 36.7 Å². The summed E-state index contributed by atoms with van der Waals surface area (Å²) in [5, 5.41) is 18.9. The van der Waals surface area contributed by atoms with Gasteiger partial charge in [0.1, 0.15) is 0 Å². The Hall–Kier alpha value is -2.34. The predicted octanol–water partition coefficient (Wildman–Crippen LogP) is 1.45. The Bertz CT molecular complexity index is 563. The first-order valence-electron chi connectivity index (χ1n) is 6.41. The molecule has 1 amide bonds. The van der Waals surface area contributed by atoms with Crippen LogP contribution >= 0.6 is 0 Å². The van der Waals surface area contributed by atoms with Crippen LogP contribution in [-0.2, 0) is 17.9 Å². The molecular formula is C14H18N4O2. The second-order valence-corrected chi connectivity index (χ2v) is 4.45. The van der Waals surface area contributed by atoms with Gasteiger partial charge in [0.05, 0.1) is 19.3 Å². The molecule has 6 nitrogen and oxygen atoms in total. The van der Waals surface area contributed by atoms with Crippen LogP contribution in [0.1, 0.15) is 12.5 Å². The smallest absolute Gasteiger partial charge is 0.221 e. The fourth-order valence-electron chi connectivity index (χ4n) is 1.80. The number of anilines is 2. The number of carbonyl (C=O) groups excluding carboxylic acids is 1. The van der Waals surface area contributed by atoms with E-state index in [1.165, 1.54) is 6.92 Å². The van der Waals surface area contributed by atoms with Crippen LogP contribution in [0.4, 0.5) is 11.4 Å². The fraction of sp³-hybridized carbons (Fsp3) is 0.286. The number of aliphatic hydroxyl groups excluding tert-OH is 1. The standard InChI is InChI=1S/C14H18N4O2/c1-11(20)17-14-4-2-13(3-5-14)15-8-12-9-16-18(10-12)6-7-19/h2-5,9-10,15,19H,6-8H2,1H3,(H,17,20). The van der Waals surface area contributed by atoms with Gasteiger partial charge in [-0.25, -0.2) is 0 Å². The van der Waals surface area contributed by atoms with Gasteiger partial charge in [0.15, 0.2) is 0 Å². The number of amides is 1. The van der Waals surface area contributed by atoms with E-state index in [1.54, 1.807) is 10.9 Å². The third-order valence-corrected chi connectivity index (χ3v) is 2.72. The first-order chi connectivity index (χ1) is 9.67. The zero-order valence-electron chi connectivity index (χ0n) is 11.3. The second kappa shape index (κ2) is 6.72.